The summed E-state index contributed by atoms with van der Waals surface area (Å²) < 4.78 is 0. The van der Waals surface area contributed by atoms with Crippen LogP contribution in [0.3, 0.4) is 0 Å². The summed E-state index contributed by atoms with van der Waals surface area (Å²) in [4.78, 5) is 13.2. The molecule has 0 bridgehead atoms. The molecule has 5 nitrogen and oxygen atoms in total. The van der Waals surface area contributed by atoms with E-state index in [0.29, 0.717) is 11.4 Å². The Bertz CT molecular complexity index is 435. The molecule has 112 valence electrons. The zero-order valence-corrected chi connectivity index (χ0v) is 12.7. The lowest BCUT2D eigenvalue weighted by Crippen LogP contribution is -2.25. The van der Waals surface area contributed by atoms with Gasteiger partial charge in [0.05, 0.1) is 4.92 Å². The Hall–Kier alpha value is -1.78. The topological polar surface area (TPSA) is 58.4 Å². The molecule has 0 aliphatic carbocycles. The maximum absolute atomic E-state index is 11.4. The van der Waals surface area contributed by atoms with E-state index in [1.54, 1.807) is 6.07 Å². The van der Waals surface area contributed by atoms with E-state index in [-0.39, 0.29) is 10.6 Å². The zero-order valence-electron chi connectivity index (χ0n) is 12.7. The summed E-state index contributed by atoms with van der Waals surface area (Å²) in [6.45, 7) is 8.57. The van der Waals surface area contributed by atoms with Gasteiger partial charge in [0.25, 0.3) is 0 Å². The van der Waals surface area contributed by atoms with Crippen LogP contribution < -0.4 is 10.2 Å². The van der Waals surface area contributed by atoms with Gasteiger partial charge in [0.1, 0.15) is 11.4 Å². The summed E-state index contributed by atoms with van der Waals surface area (Å²) in [7, 11) is 0. The first kappa shape index (κ1) is 16.3. The second-order valence-electron chi connectivity index (χ2n) is 4.79. The fourth-order valence-electron chi connectivity index (χ4n) is 2.18. The van der Waals surface area contributed by atoms with Gasteiger partial charge in [0.2, 0.25) is 0 Å². The predicted molar refractivity (Wildman–Crippen MR) is 84.7 cm³/mol. The highest BCUT2D eigenvalue weighted by Crippen LogP contribution is 2.35. The minimum atomic E-state index is -0.276. The van der Waals surface area contributed by atoms with Crippen molar-refractivity contribution in [2.24, 2.45) is 0 Å². The first-order valence-corrected chi connectivity index (χ1v) is 7.41. The van der Waals surface area contributed by atoms with Crippen LogP contribution in [0.4, 0.5) is 17.1 Å². The molecule has 0 heterocycles. The van der Waals surface area contributed by atoms with Gasteiger partial charge in [-0.05, 0) is 31.9 Å². The molecule has 1 aromatic rings. The lowest BCUT2D eigenvalue weighted by molar-refractivity contribution is -0.383. The van der Waals surface area contributed by atoms with Crippen molar-refractivity contribution in [2.75, 3.05) is 29.9 Å². The summed E-state index contributed by atoms with van der Waals surface area (Å²) in [6, 6.07) is 5.51. The molecule has 0 unspecified atom stereocenters. The van der Waals surface area contributed by atoms with E-state index in [0.717, 1.165) is 38.9 Å². The third-order valence-electron chi connectivity index (χ3n) is 3.27. The first-order chi connectivity index (χ1) is 9.65. The molecule has 0 saturated carbocycles. The quantitative estimate of drug-likeness (QED) is 0.547. The first-order valence-electron chi connectivity index (χ1n) is 7.41. The van der Waals surface area contributed by atoms with E-state index in [2.05, 4.69) is 17.1 Å². The standard InChI is InChI=1S/C15H25N3O2/c1-4-7-12-17(6-3)14-10-8-9-13(16-11-5-2)15(14)18(19)20/h8-10,16H,4-7,11-12H2,1-3H3. The molecule has 5 heteroatoms. The number of nitrogens with one attached hydrogen (secondary N) is 1. The smallest absolute Gasteiger partial charge is 0.315 e. The number of hydrogen-bond donors (Lipinski definition) is 1. The minimum absolute atomic E-state index is 0.193. The second kappa shape index (κ2) is 8.40. The molecule has 0 spiro atoms. The van der Waals surface area contributed by atoms with Gasteiger partial charge < -0.3 is 10.2 Å². The average Bonchev–Trinajstić information content (AvgIpc) is 2.45. The fourth-order valence-corrected chi connectivity index (χ4v) is 2.18. The van der Waals surface area contributed by atoms with Crippen molar-refractivity contribution in [3.63, 3.8) is 0 Å². The van der Waals surface area contributed by atoms with Crippen molar-refractivity contribution in [1.82, 2.24) is 0 Å². The third-order valence-corrected chi connectivity index (χ3v) is 3.27. The van der Waals surface area contributed by atoms with E-state index in [1.807, 2.05) is 26.0 Å². The van der Waals surface area contributed by atoms with E-state index >= 15 is 0 Å². The van der Waals surface area contributed by atoms with Crippen molar-refractivity contribution in [2.45, 2.75) is 40.0 Å². The van der Waals surface area contributed by atoms with Gasteiger partial charge >= 0.3 is 5.69 Å². The molecule has 0 saturated heterocycles. The van der Waals surface area contributed by atoms with Gasteiger partial charge in [-0.15, -0.1) is 0 Å². The molecular weight excluding hydrogens is 254 g/mol. The average molecular weight is 279 g/mol. The van der Waals surface area contributed by atoms with Crippen LogP contribution in [0.15, 0.2) is 18.2 Å². The van der Waals surface area contributed by atoms with Crippen LogP contribution in [0, 0.1) is 10.1 Å². The molecule has 0 fully saturated rings. The maximum Gasteiger partial charge on any atom is 0.315 e. The Morgan fingerprint density at radius 1 is 1.25 bits per heavy atom. The van der Waals surface area contributed by atoms with Gasteiger partial charge in [-0.1, -0.05) is 26.3 Å². The highest BCUT2D eigenvalue weighted by Gasteiger charge is 2.22. The predicted octanol–water partition coefficient (Wildman–Crippen LogP) is 4.04. The number of nitro benzene ring substituents is 1. The van der Waals surface area contributed by atoms with Crippen LogP contribution in [0.1, 0.15) is 40.0 Å². The van der Waals surface area contributed by atoms with Gasteiger partial charge in [-0.2, -0.15) is 0 Å². The van der Waals surface area contributed by atoms with Crippen LogP contribution in [0.5, 0.6) is 0 Å². The highest BCUT2D eigenvalue weighted by atomic mass is 16.6. The maximum atomic E-state index is 11.4. The van der Waals surface area contributed by atoms with Gasteiger partial charge in [0.15, 0.2) is 0 Å². The number of benzene rings is 1. The zero-order chi connectivity index (χ0) is 15.0. The molecule has 0 aliphatic heterocycles. The lowest BCUT2D eigenvalue weighted by atomic mass is 10.2. The third kappa shape index (κ3) is 4.11. The van der Waals surface area contributed by atoms with Crippen molar-refractivity contribution in [1.29, 1.82) is 0 Å². The molecule has 0 radical (unpaired) electrons. The minimum Gasteiger partial charge on any atom is -0.379 e. The van der Waals surface area contributed by atoms with Crippen LogP contribution in [-0.4, -0.2) is 24.6 Å². The monoisotopic (exact) mass is 279 g/mol. The molecule has 1 aromatic carbocycles. The van der Waals surface area contributed by atoms with Crippen LogP contribution in [-0.2, 0) is 0 Å². The number of rotatable bonds is 9. The number of nitrogens with zero attached hydrogens (tertiary/aromatic N) is 2. The molecule has 1 rings (SSSR count). The molecule has 0 atom stereocenters. The molecule has 1 N–H and O–H groups in total. The van der Waals surface area contributed by atoms with E-state index < -0.39 is 0 Å². The molecule has 0 aliphatic rings. The lowest BCUT2D eigenvalue weighted by Gasteiger charge is -2.23. The van der Waals surface area contributed by atoms with Gasteiger partial charge in [-0.25, -0.2) is 0 Å². The van der Waals surface area contributed by atoms with E-state index in [1.165, 1.54) is 0 Å². The number of anilines is 2. The van der Waals surface area contributed by atoms with Crippen molar-refractivity contribution >= 4 is 17.1 Å². The van der Waals surface area contributed by atoms with Crippen LogP contribution >= 0.6 is 0 Å². The van der Waals surface area contributed by atoms with Crippen molar-refractivity contribution < 1.29 is 4.92 Å². The van der Waals surface area contributed by atoms with Crippen LogP contribution in [0.25, 0.3) is 0 Å². The number of para-hydroxylation sites is 1. The normalized spacial score (nSPS) is 10.3. The Kier molecular flexibility index (Phi) is 6.84. The largest absolute Gasteiger partial charge is 0.379 e. The van der Waals surface area contributed by atoms with E-state index in [4.69, 9.17) is 0 Å². The van der Waals surface area contributed by atoms with Gasteiger partial charge in [0, 0.05) is 19.6 Å². The number of unbranched alkanes of at least 4 members (excludes halogenated alkanes) is 1. The van der Waals surface area contributed by atoms with Crippen LogP contribution in [0.2, 0.25) is 0 Å². The summed E-state index contributed by atoms with van der Waals surface area (Å²) >= 11 is 0. The molecular formula is C15H25N3O2. The Morgan fingerprint density at radius 2 is 2.00 bits per heavy atom. The molecule has 0 amide bonds. The Morgan fingerprint density at radius 3 is 2.55 bits per heavy atom. The number of hydrogen-bond acceptors (Lipinski definition) is 4. The Labute approximate surface area is 121 Å². The summed E-state index contributed by atoms with van der Waals surface area (Å²) in [5.74, 6) is 0. The Balaban J connectivity index is 3.12. The fraction of sp³-hybridized carbons (Fsp3) is 0.600. The van der Waals surface area contributed by atoms with Crippen molar-refractivity contribution in [3.05, 3.63) is 28.3 Å². The van der Waals surface area contributed by atoms with Gasteiger partial charge in [-0.3, -0.25) is 10.1 Å². The highest BCUT2D eigenvalue weighted by molar-refractivity contribution is 5.77. The molecule has 0 aromatic heterocycles. The summed E-state index contributed by atoms with van der Waals surface area (Å²) in [5.41, 5.74) is 1.52. The number of nitro groups is 1. The SMILES string of the molecule is CCCCN(CC)c1cccc(NCCC)c1[N+](=O)[O-]. The van der Waals surface area contributed by atoms with E-state index in [9.17, 15) is 10.1 Å². The summed E-state index contributed by atoms with van der Waals surface area (Å²) in [6.07, 6.45) is 3.06. The second-order valence-corrected chi connectivity index (χ2v) is 4.79. The molecule has 20 heavy (non-hydrogen) atoms. The summed E-state index contributed by atoms with van der Waals surface area (Å²) in [5, 5.41) is 14.6. The van der Waals surface area contributed by atoms with Crippen molar-refractivity contribution in [3.8, 4) is 0 Å².